The number of carbonyl (C=O) groups excluding carboxylic acids is 1. The van der Waals surface area contributed by atoms with Crippen molar-refractivity contribution in [1.29, 1.82) is 0 Å². The van der Waals surface area contributed by atoms with E-state index in [9.17, 15) is 13.2 Å². The molecule has 8 nitrogen and oxygen atoms in total. The summed E-state index contributed by atoms with van der Waals surface area (Å²) >= 11 is 0. The van der Waals surface area contributed by atoms with Crippen molar-refractivity contribution in [1.82, 2.24) is 23.8 Å². The van der Waals surface area contributed by atoms with Crippen molar-refractivity contribution in [2.24, 2.45) is 0 Å². The molecule has 32 heavy (non-hydrogen) atoms. The number of pyridine rings is 1. The van der Waals surface area contributed by atoms with Crippen molar-refractivity contribution in [3.8, 4) is 0 Å². The van der Waals surface area contributed by atoms with Gasteiger partial charge in [0, 0.05) is 31.4 Å². The molecule has 2 saturated heterocycles. The summed E-state index contributed by atoms with van der Waals surface area (Å²) in [4.78, 5) is 15.5. The first-order valence-electron chi connectivity index (χ1n) is 11.2. The van der Waals surface area contributed by atoms with E-state index in [1.165, 1.54) is 0 Å². The van der Waals surface area contributed by atoms with Crippen molar-refractivity contribution >= 4 is 21.6 Å². The minimum atomic E-state index is -3.62. The molecule has 4 heterocycles. The zero-order chi connectivity index (χ0) is 22.3. The lowest BCUT2D eigenvalue weighted by atomic mass is 10.1. The van der Waals surface area contributed by atoms with Crippen LogP contribution in [0.1, 0.15) is 59.9 Å². The molecule has 5 rings (SSSR count). The maximum atomic E-state index is 13.5. The van der Waals surface area contributed by atoms with Gasteiger partial charge in [-0.2, -0.15) is 4.31 Å². The van der Waals surface area contributed by atoms with Crippen LogP contribution in [-0.2, 0) is 10.0 Å². The van der Waals surface area contributed by atoms with Crippen LogP contribution in [0.4, 0.5) is 0 Å². The van der Waals surface area contributed by atoms with Gasteiger partial charge in [-0.15, -0.1) is 10.2 Å². The summed E-state index contributed by atoms with van der Waals surface area (Å²) in [5, 5.41) is 8.58. The third kappa shape index (κ3) is 3.59. The number of sulfonamides is 1. The van der Waals surface area contributed by atoms with E-state index < -0.39 is 10.0 Å². The maximum Gasteiger partial charge on any atom is 0.254 e. The molecule has 2 aliphatic heterocycles. The normalized spacial score (nSPS) is 20.2. The predicted octanol–water partition coefficient (Wildman–Crippen LogP) is 3.19. The fourth-order valence-electron chi connectivity index (χ4n) is 4.79. The first kappa shape index (κ1) is 21.1. The number of carbonyl (C=O) groups is 1. The van der Waals surface area contributed by atoms with Crippen LogP contribution in [-0.4, -0.2) is 57.8 Å². The van der Waals surface area contributed by atoms with E-state index in [0.717, 1.165) is 43.6 Å². The van der Waals surface area contributed by atoms with Gasteiger partial charge in [-0.25, -0.2) is 8.42 Å². The minimum Gasteiger partial charge on any atom is -0.328 e. The van der Waals surface area contributed by atoms with E-state index in [4.69, 9.17) is 0 Å². The predicted molar refractivity (Wildman–Crippen MR) is 120 cm³/mol. The number of hydrogen-bond donors (Lipinski definition) is 0. The highest BCUT2D eigenvalue weighted by molar-refractivity contribution is 7.89. The number of hydrogen-bond acceptors (Lipinski definition) is 5. The van der Waals surface area contributed by atoms with Crippen LogP contribution in [0.3, 0.4) is 0 Å². The molecule has 3 aromatic rings. The number of aryl methyl sites for hydroxylation is 1. The minimum absolute atomic E-state index is 0.171. The number of piperidine rings is 1. The molecule has 0 aliphatic carbocycles. The summed E-state index contributed by atoms with van der Waals surface area (Å²) in [5.74, 6) is 0.565. The molecule has 0 N–H and O–H groups in total. The number of amides is 1. The zero-order valence-electron chi connectivity index (χ0n) is 18.1. The van der Waals surface area contributed by atoms with Crippen LogP contribution >= 0.6 is 0 Å². The van der Waals surface area contributed by atoms with E-state index in [1.54, 1.807) is 34.3 Å². The van der Waals surface area contributed by atoms with E-state index in [1.807, 2.05) is 28.8 Å². The Morgan fingerprint density at radius 2 is 1.81 bits per heavy atom. The quantitative estimate of drug-likeness (QED) is 0.605. The lowest BCUT2D eigenvalue weighted by Crippen LogP contribution is -2.36. The summed E-state index contributed by atoms with van der Waals surface area (Å²) in [6.45, 7) is 3.46. The number of fused-ring (bicyclic) bond motifs is 1. The average Bonchev–Trinajstić information content (AvgIpc) is 3.46. The van der Waals surface area contributed by atoms with E-state index in [2.05, 4.69) is 10.2 Å². The highest BCUT2D eigenvalue weighted by Gasteiger charge is 2.35. The number of rotatable bonds is 4. The highest BCUT2D eigenvalue weighted by Crippen LogP contribution is 2.33. The SMILES string of the molecule is Cc1ccc(C(=O)N2CCC[C@H]2c2nnc3ccccn23)cc1S(=O)(=O)N1CCCCC1. The Hall–Kier alpha value is -2.78. The molecule has 2 fully saturated rings. The van der Waals surface area contributed by atoms with Gasteiger partial charge in [0.15, 0.2) is 11.5 Å². The van der Waals surface area contributed by atoms with E-state index >= 15 is 0 Å². The Kier molecular flexibility index (Phi) is 5.46. The van der Waals surface area contributed by atoms with Crippen LogP contribution in [0.15, 0.2) is 47.5 Å². The Morgan fingerprint density at radius 1 is 1.00 bits per heavy atom. The third-order valence-electron chi connectivity index (χ3n) is 6.52. The maximum absolute atomic E-state index is 13.5. The van der Waals surface area contributed by atoms with Crippen molar-refractivity contribution in [2.45, 2.75) is 50.0 Å². The number of aromatic nitrogens is 3. The second-order valence-corrected chi connectivity index (χ2v) is 10.5. The van der Waals surface area contributed by atoms with Crippen LogP contribution in [0.5, 0.6) is 0 Å². The standard InChI is InChI=1S/C23H27N5O3S/c1-17-10-11-18(16-20(17)32(30,31)26-12-4-2-5-13-26)23(29)27-15-7-8-19(27)22-25-24-21-9-3-6-14-28(21)22/h3,6,9-11,14,16,19H,2,4-5,7-8,12-13,15H2,1H3/t19-/m0/s1. The lowest BCUT2D eigenvalue weighted by Gasteiger charge is -2.27. The van der Waals surface area contributed by atoms with Crippen molar-refractivity contribution in [2.75, 3.05) is 19.6 Å². The summed E-state index contributed by atoms with van der Waals surface area (Å²) < 4.78 is 30.0. The molecule has 0 bridgehead atoms. The second-order valence-electron chi connectivity index (χ2n) is 8.59. The van der Waals surface area contributed by atoms with Crippen LogP contribution in [0, 0.1) is 6.92 Å². The van der Waals surface area contributed by atoms with Gasteiger partial charge < -0.3 is 4.90 Å². The summed E-state index contributed by atoms with van der Waals surface area (Å²) in [6.07, 6.45) is 6.37. The van der Waals surface area contributed by atoms with Gasteiger partial charge in [0.25, 0.3) is 5.91 Å². The molecule has 0 unspecified atom stereocenters. The Morgan fingerprint density at radius 3 is 2.62 bits per heavy atom. The van der Waals surface area contributed by atoms with Gasteiger partial charge in [-0.05, 0) is 62.4 Å². The van der Waals surface area contributed by atoms with Gasteiger partial charge in [0.2, 0.25) is 10.0 Å². The van der Waals surface area contributed by atoms with Crippen LogP contribution in [0.25, 0.3) is 5.65 Å². The van der Waals surface area contributed by atoms with Gasteiger partial charge in [0.05, 0.1) is 10.9 Å². The lowest BCUT2D eigenvalue weighted by molar-refractivity contribution is 0.0729. The smallest absolute Gasteiger partial charge is 0.254 e. The molecule has 2 aliphatic rings. The molecule has 1 atom stereocenters. The van der Waals surface area contributed by atoms with Crippen LogP contribution < -0.4 is 0 Å². The number of nitrogens with zero attached hydrogens (tertiary/aromatic N) is 5. The van der Waals surface area contributed by atoms with Crippen LogP contribution in [0.2, 0.25) is 0 Å². The average molecular weight is 454 g/mol. The van der Waals surface area contributed by atoms with E-state index in [-0.39, 0.29) is 16.8 Å². The molecular weight excluding hydrogens is 426 g/mol. The second kappa shape index (κ2) is 8.29. The number of likely N-dealkylation sites (tertiary alicyclic amines) is 1. The molecule has 0 radical (unpaired) electrons. The fourth-order valence-corrected chi connectivity index (χ4v) is 6.55. The largest absolute Gasteiger partial charge is 0.328 e. The molecule has 1 amide bonds. The third-order valence-corrected chi connectivity index (χ3v) is 8.56. The number of benzene rings is 1. The van der Waals surface area contributed by atoms with Crippen molar-refractivity contribution < 1.29 is 13.2 Å². The topological polar surface area (TPSA) is 87.9 Å². The van der Waals surface area contributed by atoms with Crippen molar-refractivity contribution in [3.05, 3.63) is 59.5 Å². The molecule has 0 spiro atoms. The molecule has 1 aromatic carbocycles. The van der Waals surface area contributed by atoms with Gasteiger partial charge >= 0.3 is 0 Å². The Bertz CT molecular complexity index is 1260. The van der Waals surface area contributed by atoms with Gasteiger partial charge in [-0.1, -0.05) is 18.6 Å². The fraction of sp³-hybridized carbons (Fsp3) is 0.435. The highest BCUT2D eigenvalue weighted by atomic mass is 32.2. The first-order chi connectivity index (χ1) is 15.5. The Labute approximate surface area is 187 Å². The van der Waals surface area contributed by atoms with E-state index in [0.29, 0.717) is 30.8 Å². The molecular formula is C23H27N5O3S. The zero-order valence-corrected chi connectivity index (χ0v) is 19.0. The van der Waals surface area contributed by atoms with Gasteiger partial charge in [0.1, 0.15) is 0 Å². The first-order valence-corrected chi connectivity index (χ1v) is 12.6. The van der Waals surface area contributed by atoms with Gasteiger partial charge in [-0.3, -0.25) is 9.20 Å². The summed E-state index contributed by atoms with van der Waals surface area (Å²) in [5.41, 5.74) is 1.80. The molecule has 9 heteroatoms. The molecule has 0 saturated carbocycles. The molecule has 2 aromatic heterocycles. The van der Waals surface area contributed by atoms with Crippen molar-refractivity contribution in [3.63, 3.8) is 0 Å². The Balaban J connectivity index is 1.47. The summed E-state index contributed by atoms with van der Waals surface area (Å²) in [6, 6.07) is 10.5. The summed E-state index contributed by atoms with van der Waals surface area (Å²) in [7, 11) is -3.62. The molecule has 168 valence electrons. The monoisotopic (exact) mass is 453 g/mol.